The van der Waals surface area contributed by atoms with Gasteiger partial charge in [-0.2, -0.15) is 0 Å². The lowest BCUT2D eigenvalue weighted by molar-refractivity contribution is 0.669. The molecule has 0 aliphatic rings. The van der Waals surface area contributed by atoms with Gasteiger partial charge < -0.3 is 4.42 Å². The Morgan fingerprint density at radius 1 is 0.542 bits per heavy atom. The van der Waals surface area contributed by atoms with Crippen molar-refractivity contribution in [2.45, 2.75) is 6.42 Å². The Hall–Kier alpha value is -3.06. The summed E-state index contributed by atoms with van der Waals surface area (Å²) in [6.45, 7) is 0. The fourth-order valence-corrected chi connectivity index (χ4v) is 3.46. The molecule has 0 bridgehead atoms. The maximum Gasteiger partial charge on any atom is 0.136 e. The normalized spacial score (nSPS) is 11.5. The zero-order chi connectivity index (χ0) is 15.9. The van der Waals surface area contributed by atoms with E-state index >= 15 is 0 Å². The first-order valence-electron chi connectivity index (χ1n) is 8.25. The van der Waals surface area contributed by atoms with E-state index in [0.717, 1.165) is 17.6 Å². The zero-order valence-corrected chi connectivity index (χ0v) is 13.2. The largest absolute Gasteiger partial charge is 0.456 e. The molecule has 0 atom stereocenters. The van der Waals surface area contributed by atoms with Gasteiger partial charge in [0.15, 0.2) is 0 Å². The predicted octanol–water partition coefficient (Wildman–Crippen LogP) is 6.33. The van der Waals surface area contributed by atoms with Crippen molar-refractivity contribution in [3.05, 3.63) is 96.1 Å². The van der Waals surface area contributed by atoms with Crippen LogP contribution < -0.4 is 0 Å². The molecular weight excluding hydrogens is 292 g/mol. The monoisotopic (exact) mass is 308 g/mol. The van der Waals surface area contributed by atoms with Crippen LogP contribution >= 0.6 is 0 Å². The van der Waals surface area contributed by atoms with Gasteiger partial charge in [0.05, 0.1) is 0 Å². The van der Waals surface area contributed by atoms with Crippen LogP contribution in [0.25, 0.3) is 32.7 Å². The molecule has 0 amide bonds. The molecule has 0 N–H and O–H groups in total. The summed E-state index contributed by atoms with van der Waals surface area (Å²) in [5.74, 6) is 0. The van der Waals surface area contributed by atoms with Gasteiger partial charge in [0.25, 0.3) is 0 Å². The number of rotatable bonds is 2. The summed E-state index contributed by atoms with van der Waals surface area (Å²) >= 11 is 0. The number of furan rings is 1. The topological polar surface area (TPSA) is 13.1 Å². The van der Waals surface area contributed by atoms with Crippen LogP contribution in [0.2, 0.25) is 0 Å². The summed E-state index contributed by atoms with van der Waals surface area (Å²) in [6, 6.07) is 29.9. The SMILES string of the molecule is c1ccc(Cc2ccc3cc4c(cc3c2)oc2ccccc24)cc1. The highest BCUT2D eigenvalue weighted by molar-refractivity contribution is 6.10. The van der Waals surface area contributed by atoms with E-state index in [-0.39, 0.29) is 0 Å². The van der Waals surface area contributed by atoms with Gasteiger partial charge in [-0.05, 0) is 46.5 Å². The van der Waals surface area contributed by atoms with E-state index in [1.807, 2.05) is 12.1 Å². The van der Waals surface area contributed by atoms with Crippen molar-refractivity contribution in [3.63, 3.8) is 0 Å². The second-order valence-corrected chi connectivity index (χ2v) is 6.29. The van der Waals surface area contributed by atoms with Gasteiger partial charge in [-0.3, -0.25) is 0 Å². The molecule has 0 aliphatic carbocycles. The fourth-order valence-electron chi connectivity index (χ4n) is 3.46. The predicted molar refractivity (Wildman–Crippen MR) is 100 cm³/mol. The second kappa shape index (κ2) is 5.24. The zero-order valence-electron chi connectivity index (χ0n) is 13.2. The van der Waals surface area contributed by atoms with Gasteiger partial charge in [-0.1, -0.05) is 66.7 Å². The average Bonchev–Trinajstić information content (AvgIpc) is 2.98. The van der Waals surface area contributed by atoms with Crippen LogP contribution in [0.3, 0.4) is 0 Å². The molecular formula is C23H16O. The Balaban J connectivity index is 1.66. The Morgan fingerprint density at radius 3 is 2.29 bits per heavy atom. The van der Waals surface area contributed by atoms with Crippen LogP contribution in [0, 0.1) is 0 Å². The average molecular weight is 308 g/mol. The number of hydrogen-bond donors (Lipinski definition) is 0. The highest BCUT2D eigenvalue weighted by atomic mass is 16.3. The first kappa shape index (κ1) is 13.4. The molecule has 1 heterocycles. The standard InChI is InChI=1S/C23H16O/c1-2-6-16(7-3-1)12-17-10-11-18-14-21-20-8-4-5-9-22(20)24-23(21)15-19(18)13-17/h1-11,13-15H,12H2. The van der Waals surface area contributed by atoms with E-state index in [0.29, 0.717) is 0 Å². The molecule has 0 unspecified atom stereocenters. The Labute approximate surface area is 140 Å². The van der Waals surface area contributed by atoms with Crippen molar-refractivity contribution >= 4 is 32.7 Å². The molecule has 0 radical (unpaired) electrons. The second-order valence-electron chi connectivity index (χ2n) is 6.29. The molecule has 0 saturated carbocycles. The van der Waals surface area contributed by atoms with Gasteiger partial charge in [0.1, 0.15) is 11.2 Å². The van der Waals surface area contributed by atoms with Crippen LogP contribution in [0.4, 0.5) is 0 Å². The van der Waals surface area contributed by atoms with Crippen molar-refractivity contribution in [1.29, 1.82) is 0 Å². The first-order chi connectivity index (χ1) is 11.9. The molecule has 5 rings (SSSR count). The molecule has 0 aliphatic heterocycles. The van der Waals surface area contributed by atoms with Crippen LogP contribution in [-0.2, 0) is 6.42 Å². The molecule has 1 nitrogen and oxygen atoms in total. The molecule has 0 saturated heterocycles. The summed E-state index contributed by atoms with van der Waals surface area (Å²) < 4.78 is 6.02. The third-order valence-electron chi connectivity index (χ3n) is 4.65. The van der Waals surface area contributed by atoms with Crippen molar-refractivity contribution in [1.82, 2.24) is 0 Å². The molecule has 114 valence electrons. The minimum atomic E-state index is 0.951. The van der Waals surface area contributed by atoms with Crippen molar-refractivity contribution in [2.75, 3.05) is 0 Å². The van der Waals surface area contributed by atoms with Crippen LogP contribution in [0.1, 0.15) is 11.1 Å². The lowest BCUT2D eigenvalue weighted by atomic mass is 10.00. The van der Waals surface area contributed by atoms with Crippen LogP contribution in [0.5, 0.6) is 0 Å². The van der Waals surface area contributed by atoms with Crippen LogP contribution in [0.15, 0.2) is 89.3 Å². The van der Waals surface area contributed by atoms with Crippen molar-refractivity contribution in [3.8, 4) is 0 Å². The molecule has 0 spiro atoms. The van der Waals surface area contributed by atoms with E-state index in [1.54, 1.807) is 0 Å². The smallest absolute Gasteiger partial charge is 0.136 e. The van der Waals surface area contributed by atoms with E-state index in [1.165, 1.54) is 32.7 Å². The van der Waals surface area contributed by atoms with Gasteiger partial charge in [-0.25, -0.2) is 0 Å². The molecule has 24 heavy (non-hydrogen) atoms. The van der Waals surface area contributed by atoms with Gasteiger partial charge in [0, 0.05) is 10.8 Å². The number of hydrogen-bond acceptors (Lipinski definition) is 1. The highest BCUT2D eigenvalue weighted by Gasteiger charge is 2.08. The lowest BCUT2D eigenvalue weighted by Gasteiger charge is -2.05. The Kier molecular flexibility index (Phi) is 2.92. The van der Waals surface area contributed by atoms with Gasteiger partial charge in [0.2, 0.25) is 0 Å². The summed E-state index contributed by atoms with van der Waals surface area (Å²) in [4.78, 5) is 0. The summed E-state index contributed by atoms with van der Waals surface area (Å²) in [5.41, 5.74) is 4.57. The third kappa shape index (κ3) is 2.17. The van der Waals surface area contributed by atoms with Gasteiger partial charge >= 0.3 is 0 Å². The third-order valence-corrected chi connectivity index (χ3v) is 4.65. The van der Waals surface area contributed by atoms with Crippen LogP contribution in [-0.4, -0.2) is 0 Å². The molecule has 1 aromatic heterocycles. The number of fused-ring (bicyclic) bond motifs is 4. The summed E-state index contributed by atoms with van der Waals surface area (Å²) in [7, 11) is 0. The lowest BCUT2D eigenvalue weighted by Crippen LogP contribution is -1.87. The fraction of sp³-hybridized carbons (Fsp3) is 0.0435. The first-order valence-corrected chi connectivity index (χ1v) is 8.25. The minimum Gasteiger partial charge on any atom is -0.456 e. The quantitative estimate of drug-likeness (QED) is 0.371. The van der Waals surface area contributed by atoms with E-state index in [9.17, 15) is 0 Å². The van der Waals surface area contributed by atoms with Crippen molar-refractivity contribution in [2.24, 2.45) is 0 Å². The summed E-state index contributed by atoms with van der Waals surface area (Å²) in [5, 5.41) is 4.86. The molecule has 0 fully saturated rings. The number of para-hydroxylation sites is 1. The highest BCUT2D eigenvalue weighted by Crippen LogP contribution is 2.32. The van der Waals surface area contributed by atoms with Crippen molar-refractivity contribution < 1.29 is 4.42 Å². The molecule has 5 aromatic rings. The van der Waals surface area contributed by atoms with Gasteiger partial charge in [-0.15, -0.1) is 0 Å². The summed E-state index contributed by atoms with van der Waals surface area (Å²) in [6.07, 6.45) is 0.953. The van der Waals surface area contributed by atoms with E-state index < -0.39 is 0 Å². The van der Waals surface area contributed by atoms with E-state index in [4.69, 9.17) is 4.42 Å². The van der Waals surface area contributed by atoms with E-state index in [2.05, 4.69) is 72.8 Å². The Bertz CT molecular complexity index is 1170. The molecule has 4 aromatic carbocycles. The minimum absolute atomic E-state index is 0.951. The molecule has 1 heteroatoms. The maximum atomic E-state index is 6.02. The maximum absolute atomic E-state index is 6.02. The number of benzene rings is 4. The Morgan fingerprint density at radius 2 is 1.38 bits per heavy atom.